The van der Waals surface area contributed by atoms with Crippen molar-refractivity contribution >= 4 is 23.7 Å². The number of thiazole rings is 1. The van der Waals surface area contributed by atoms with E-state index < -0.39 is 0 Å². The topological polar surface area (TPSA) is 54.2 Å². The van der Waals surface area contributed by atoms with Crippen molar-refractivity contribution in [3.8, 4) is 0 Å². The van der Waals surface area contributed by atoms with E-state index in [4.69, 9.17) is 4.52 Å². The second-order valence-electron chi connectivity index (χ2n) is 5.82. The molecule has 122 valence electrons. The predicted molar refractivity (Wildman–Crippen MR) is 90.4 cm³/mol. The number of nitrogens with one attached hydrogen (secondary N) is 1. The lowest BCUT2D eigenvalue weighted by atomic mass is 10.1. The lowest BCUT2D eigenvalue weighted by molar-refractivity contribution is 0.197. The van der Waals surface area contributed by atoms with Gasteiger partial charge in [-0.05, 0) is 39.3 Å². The van der Waals surface area contributed by atoms with E-state index >= 15 is 0 Å². The lowest BCUT2D eigenvalue weighted by Crippen LogP contribution is -2.29. The van der Waals surface area contributed by atoms with Crippen LogP contribution in [0.15, 0.2) is 16.1 Å². The van der Waals surface area contributed by atoms with Crippen LogP contribution in [-0.2, 0) is 13.1 Å². The Hall–Kier alpha value is -0.950. The third-order valence-corrected chi connectivity index (χ3v) is 4.87. The van der Waals surface area contributed by atoms with Crippen LogP contribution in [0.2, 0.25) is 0 Å². The van der Waals surface area contributed by atoms with Crippen LogP contribution < -0.4 is 5.32 Å². The average molecular weight is 343 g/mol. The highest BCUT2D eigenvalue weighted by Crippen LogP contribution is 2.20. The molecule has 3 rings (SSSR count). The number of hydrogen-bond acceptors (Lipinski definition) is 6. The molecule has 2 aromatic heterocycles. The highest BCUT2D eigenvalue weighted by atomic mass is 35.5. The van der Waals surface area contributed by atoms with Crippen LogP contribution in [0.1, 0.15) is 28.4 Å². The zero-order valence-corrected chi connectivity index (χ0v) is 14.7. The molecule has 7 heteroatoms. The van der Waals surface area contributed by atoms with Gasteiger partial charge < -0.3 is 9.84 Å². The highest BCUT2D eigenvalue weighted by Gasteiger charge is 2.20. The molecule has 22 heavy (non-hydrogen) atoms. The molecule has 1 N–H and O–H groups in total. The van der Waals surface area contributed by atoms with Gasteiger partial charge in [-0.1, -0.05) is 5.16 Å². The summed E-state index contributed by atoms with van der Waals surface area (Å²) in [4.78, 5) is 8.16. The number of hydrogen-bond donors (Lipinski definition) is 1. The van der Waals surface area contributed by atoms with Crippen LogP contribution in [0, 0.1) is 19.8 Å². The summed E-state index contributed by atoms with van der Waals surface area (Å²) in [6.07, 6.45) is 1.26. The van der Waals surface area contributed by atoms with Gasteiger partial charge in [0.25, 0.3) is 0 Å². The molecular weight excluding hydrogens is 320 g/mol. The van der Waals surface area contributed by atoms with Gasteiger partial charge in [0.05, 0.1) is 23.4 Å². The second-order valence-corrected chi connectivity index (χ2v) is 6.76. The van der Waals surface area contributed by atoms with Gasteiger partial charge in [-0.3, -0.25) is 4.90 Å². The summed E-state index contributed by atoms with van der Waals surface area (Å²) in [6.45, 7) is 9.14. The molecule has 1 unspecified atom stereocenters. The highest BCUT2D eigenvalue weighted by molar-refractivity contribution is 7.09. The van der Waals surface area contributed by atoms with Gasteiger partial charge in [0.2, 0.25) is 0 Å². The molecule has 0 saturated carbocycles. The molecule has 0 amide bonds. The fourth-order valence-electron chi connectivity index (χ4n) is 2.81. The maximum atomic E-state index is 5.39. The van der Waals surface area contributed by atoms with Crippen molar-refractivity contribution in [3.05, 3.63) is 33.6 Å². The van der Waals surface area contributed by atoms with Gasteiger partial charge >= 0.3 is 0 Å². The van der Waals surface area contributed by atoms with E-state index in [0.717, 1.165) is 55.8 Å². The normalized spacial score (nSPS) is 17.9. The first-order valence-electron chi connectivity index (χ1n) is 7.45. The van der Waals surface area contributed by atoms with Crippen molar-refractivity contribution in [2.75, 3.05) is 19.6 Å². The Morgan fingerprint density at radius 2 is 2.27 bits per heavy atom. The minimum Gasteiger partial charge on any atom is -0.360 e. The van der Waals surface area contributed by atoms with Crippen molar-refractivity contribution in [1.29, 1.82) is 0 Å². The molecule has 1 aliphatic heterocycles. The first-order valence-corrected chi connectivity index (χ1v) is 8.33. The van der Waals surface area contributed by atoms with E-state index in [-0.39, 0.29) is 12.4 Å². The van der Waals surface area contributed by atoms with Gasteiger partial charge in [-0.15, -0.1) is 23.7 Å². The molecule has 0 spiro atoms. The Bertz CT molecular complexity index is 580. The largest absolute Gasteiger partial charge is 0.360 e. The average Bonchev–Trinajstić information content (AvgIpc) is 3.16. The molecular formula is C15H23ClN4OS. The smallest absolute Gasteiger partial charge is 0.150 e. The van der Waals surface area contributed by atoms with Crippen LogP contribution in [0.25, 0.3) is 0 Å². The fourth-order valence-corrected chi connectivity index (χ4v) is 3.63. The Balaban J connectivity index is 0.00000176. The molecule has 3 heterocycles. The molecule has 0 radical (unpaired) electrons. The zero-order valence-electron chi connectivity index (χ0n) is 13.0. The SMILES string of the molecule is Cc1cc(CN(Cc2scnc2C)CC2CCNC2)on1.Cl. The third-order valence-electron chi connectivity index (χ3n) is 3.95. The summed E-state index contributed by atoms with van der Waals surface area (Å²) in [7, 11) is 0. The first kappa shape index (κ1) is 17.4. The van der Waals surface area contributed by atoms with E-state index in [1.165, 1.54) is 11.3 Å². The standard InChI is InChI=1S/C15H22N4OS.ClH/c1-11-5-14(20-18-11)8-19(7-13-3-4-16-6-13)9-15-12(2)17-10-21-15;/h5,10,13,16H,3-4,6-9H2,1-2H3;1H. The molecule has 1 atom stereocenters. The molecule has 5 nitrogen and oxygen atoms in total. The van der Waals surface area contributed by atoms with Crippen LogP contribution in [0.3, 0.4) is 0 Å². The van der Waals surface area contributed by atoms with Crippen LogP contribution >= 0.6 is 23.7 Å². The second kappa shape index (κ2) is 8.06. The first-order chi connectivity index (χ1) is 10.2. The Labute approximate surface area is 141 Å². The van der Waals surface area contributed by atoms with Gasteiger partial charge in [0, 0.05) is 24.0 Å². The quantitative estimate of drug-likeness (QED) is 0.874. The number of rotatable bonds is 6. The fraction of sp³-hybridized carbons (Fsp3) is 0.600. The van der Waals surface area contributed by atoms with E-state index in [1.54, 1.807) is 11.3 Å². The zero-order chi connectivity index (χ0) is 14.7. The van der Waals surface area contributed by atoms with Crippen molar-refractivity contribution in [2.45, 2.75) is 33.4 Å². The summed E-state index contributed by atoms with van der Waals surface area (Å²) in [6, 6.07) is 2.03. The Kier molecular flexibility index (Phi) is 6.37. The molecule has 1 fully saturated rings. The van der Waals surface area contributed by atoms with Crippen LogP contribution in [0.5, 0.6) is 0 Å². The van der Waals surface area contributed by atoms with Crippen molar-refractivity contribution in [2.24, 2.45) is 5.92 Å². The van der Waals surface area contributed by atoms with Crippen LogP contribution in [-0.4, -0.2) is 34.7 Å². The van der Waals surface area contributed by atoms with Crippen molar-refractivity contribution < 1.29 is 4.52 Å². The number of aryl methyl sites for hydroxylation is 2. The molecule has 1 aliphatic rings. The Morgan fingerprint density at radius 1 is 1.41 bits per heavy atom. The van der Waals surface area contributed by atoms with Gasteiger partial charge in [0.1, 0.15) is 0 Å². The number of nitrogens with zero attached hydrogens (tertiary/aromatic N) is 3. The van der Waals surface area contributed by atoms with Crippen molar-refractivity contribution in [1.82, 2.24) is 20.4 Å². The maximum absolute atomic E-state index is 5.39. The third kappa shape index (κ3) is 4.52. The molecule has 0 aromatic carbocycles. The summed E-state index contributed by atoms with van der Waals surface area (Å²) in [5.41, 5.74) is 4.02. The molecule has 2 aromatic rings. The molecule has 1 saturated heterocycles. The monoisotopic (exact) mass is 342 g/mol. The lowest BCUT2D eigenvalue weighted by Gasteiger charge is -2.23. The number of halogens is 1. The molecule has 0 bridgehead atoms. The van der Waals surface area contributed by atoms with E-state index in [0.29, 0.717) is 0 Å². The molecule has 0 aliphatic carbocycles. The van der Waals surface area contributed by atoms with Gasteiger partial charge in [0.15, 0.2) is 5.76 Å². The minimum absolute atomic E-state index is 0. The van der Waals surface area contributed by atoms with E-state index in [9.17, 15) is 0 Å². The summed E-state index contributed by atoms with van der Waals surface area (Å²) in [5.74, 6) is 1.67. The summed E-state index contributed by atoms with van der Waals surface area (Å²) in [5, 5.41) is 7.44. The van der Waals surface area contributed by atoms with Gasteiger partial charge in [-0.2, -0.15) is 0 Å². The summed E-state index contributed by atoms with van der Waals surface area (Å²) < 4.78 is 5.39. The maximum Gasteiger partial charge on any atom is 0.150 e. The van der Waals surface area contributed by atoms with Crippen LogP contribution in [0.4, 0.5) is 0 Å². The predicted octanol–water partition coefficient (Wildman–Crippen LogP) is 2.78. The van der Waals surface area contributed by atoms with E-state index in [1.807, 2.05) is 18.5 Å². The van der Waals surface area contributed by atoms with Crippen molar-refractivity contribution in [3.63, 3.8) is 0 Å². The minimum atomic E-state index is 0. The van der Waals surface area contributed by atoms with Gasteiger partial charge in [-0.25, -0.2) is 4.98 Å². The van der Waals surface area contributed by atoms with E-state index in [2.05, 4.69) is 27.3 Å². The Morgan fingerprint density at radius 3 is 2.86 bits per heavy atom. The summed E-state index contributed by atoms with van der Waals surface area (Å²) >= 11 is 1.74. The number of aromatic nitrogens is 2.